The van der Waals surface area contributed by atoms with Crippen LogP contribution in [0, 0.1) is 6.92 Å². The lowest BCUT2D eigenvalue weighted by Gasteiger charge is -2.24. The Morgan fingerprint density at radius 1 is 0.976 bits per heavy atom. The Morgan fingerprint density at radius 3 is 2.29 bits per heavy atom. The fourth-order valence-corrected chi connectivity index (χ4v) is 4.95. The van der Waals surface area contributed by atoms with Gasteiger partial charge in [0, 0.05) is 17.5 Å². The zero-order valence-corrected chi connectivity index (χ0v) is 24.2. The second kappa shape index (κ2) is 12.0. The smallest absolute Gasteiger partial charge is 0.439 e. The van der Waals surface area contributed by atoms with E-state index in [4.69, 9.17) is 14.2 Å². The fourth-order valence-electron chi connectivity index (χ4n) is 4.95. The highest BCUT2D eigenvalue weighted by molar-refractivity contribution is 5.80. The lowest BCUT2D eigenvalue weighted by molar-refractivity contribution is 0.0412. The van der Waals surface area contributed by atoms with Crippen molar-refractivity contribution in [1.29, 1.82) is 0 Å². The van der Waals surface area contributed by atoms with Gasteiger partial charge in [-0.3, -0.25) is 18.9 Å². The molecule has 0 bridgehead atoms. The maximum Gasteiger partial charge on any atom is 0.439 e. The van der Waals surface area contributed by atoms with Crippen molar-refractivity contribution in [3.63, 3.8) is 0 Å². The van der Waals surface area contributed by atoms with Gasteiger partial charge in [-0.25, -0.2) is 9.78 Å². The van der Waals surface area contributed by atoms with Crippen molar-refractivity contribution < 1.29 is 14.4 Å². The molecule has 2 N–H and O–H groups in total. The normalized spacial score (nSPS) is 11.5. The Hall–Kier alpha value is -4.76. The van der Waals surface area contributed by atoms with Gasteiger partial charge in [0.15, 0.2) is 5.82 Å². The standard InChI is InChI=1S/C33H34N4O5/c1-5-8-29-28(31(39)37(21(2)34-29)24-15-17-25(18-16-24)41-33(3,4)20-38)19-22-11-13-23(14-12-22)26-9-6-7-10-27(26)30-35-32(40)42-36-30/h6-7,9-18,38H,5,8,19-20H2,1-4H3,(H,35,36,40). The molecule has 0 spiro atoms. The predicted molar refractivity (Wildman–Crippen MR) is 161 cm³/mol. The van der Waals surface area contributed by atoms with Crippen LogP contribution in [-0.4, -0.2) is 37.0 Å². The number of H-pyrrole nitrogens is 1. The van der Waals surface area contributed by atoms with Gasteiger partial charge in [-0.15, -0.1) is 0 Å². The number of ether oxygens (including phenoxy) is 1. The summed E-state index contributed by atoms with van der Waals surface area (Å²) in [6, 6.07) is 22.9. The summed E-state index contributed by atoms with van der Waals surface area (Å²) >= 11 is 0. The predicted octanol–water partition coefficient (Wildman–Crippen LogP) is 5.24. The van der Waals surface area contributed by atoms with Gasteiger partial charge in [0.2, 0.25) is 0 Å². The van der Waals surface area contributed by atoms with Crippen LogP contribution in [0.15, 0.2) is 86.9 Å². The van der Waals surface area contributed by atoms with Crippen molar-refractivity contribution in [3.05, 3.63) is 116 Å². The molecule has 0 aliphatic carbocycles. The number of nitrogens with zero attached hydrogens (tertiary/aromatic N) is 3. The molecule has 216 valence electrons. The van der Waals surface area contributed by atoms with Crippen LogP contribution >= 0.6 is 0 Å². The molecular weight excluding hydrogens is 532 g/mol. The summed E-state index contributed by atoms with van der Waals surface area (Å²) in [6.45, 7) is 7.42. The molecule has 0 radical (unpaired) electrons. The van der Waals surface area contributed by atoms with Crippen LogP contribution in [0.2, 0.25) is 0 Å². The number of hydrogen-bond donors (Lipinski definition) is 2. The minimum Gasteiger partial charge on any atom is -0.485 e. The molecule has 0 saturated heterocycles. The van der Waals surface area contributed by atoms with E-state index in [1.807, 2.05) is 81.4 Å². The van der Waals surface area contributed by atoms with Crippen molar-refractivity contribution in [1.82, 2.24) is 19.7 Å². The molecular formula is C33H34N4O5. The van der Waals surface area contributed by atoms with E-state index in [1.165, 1.54) is 0 Å². The monoisotopic (exact) mass is 566 g/mol. The van der Waals surface area contributed by atoms with Gasteiger partial charge in [-0.2, -0.15) is 0 Å². The quantitative estimate of drug-likeness (QED) is 0.237. The van der Waals surface area contributed by atoms with Crippen LogP contribution in [0.4, 0.5) is 0 Å². The van der Waals surface area contributed by atoms with Crippen LogP contribution in [0.5, 0.6) is 5.75 Å². The van der Waals surface area contributed by atoms with Crippen molar-refractivity contribution in [2.75, 3.05) is 6.61 Å². The molecule has 0 atom stereocenters. The first-order chi connectivity index (χ1) is 20.2. The van der Waals surface area contributed by atoms with E-state index in [-0.39, 0.29) is 12.2 Å². The van der Waals surface area contributed by atoms with E-state index < -0.39 is 11.4 Å². The number of aromatic nitrogens is 4. The number of aromatic amines is 1. The van der Waals surface area contributed by atoms with Crippen LogP contribution in [0.3, 0.4) is 0 Å². The number of rotatable bonds is 10. The third-order valence-electron chi connectivity index (χ3n) is 7.05. The Labute approximate surface area is 243 Å². The first-order valence-electron chi connectivity index (χ1n) is 14.0. The van der Waals surface area contributed by atoms with Crippen LogP contribution in [0.1, 0.15) is 49.8 Å². The summed E-state index contributed by atoms with van der Waals surface area (Å²) in [5, 5.41) is 13.4. The number of aryl methyl sites for hydroxylation is 2. The topological polar surface area (TPSA) is 123 Å². The molecule has 5 rings (SSSR count). The van der Waals surface area contributed by atoms with Gasteiger partial charge in [0.1, 0.15) is 17.2 Å². The summed E-state index contributed by atoms with van der Waals surface area (Å²) in [7, 11) is 0. The Bertz CT molecular complexity index is 1800. The first-order valence-corrected chi connectivity index (χ1v) is 14.0. The van der Waals surface area contributed by atoms with Crippen molar-refractivity contribution >= 4 is 0 Å². The van der Waals surface area contributed by atoms with Crippen molar-refractivity contribution in [2.24, 2.45) is 0 Å². The van der Waals surface area contributed by atoms with E-state index in [0.29, 0.717) is 41.5 Å². The van der Waals surface area contributed by atoms with Crippen LogP contribution in [-0.2, 0) is 12.8 Å². The SMILES string of the molecule is CCCc1nc(C)n(-c2ccc(OC(C)(C)CO)cc2)c(=O)c1Cc1ccc(-c2ccccc2-c2noc(=O)[nH]2)cc1. The number of aliphatic hydroxyl groups excluding tert-OH is 1. The molecule has 2 heterocycles. The number of benzene rings is 3. The summed E-state index contributed by atoms with van der Waals surface area (Å²) in [5.41, 5.74) is 4.93. The average Bonchev–Trinajstić information content (AvgIpc) is 3.42. The highest BCUT2D eigenvalue weighted by Crippen LogP contribution is 2.30. The van der Waals surface area contributed by atoms with Gasteiger partial charge in [0.25, 0.3) is 5.56 Å². The van der Waals surface area contributed by atoms with Gasteiger partial charge >= 0.3 is 5.76 Å². The number of hydrogen-bond acceptors (Lipinski definition) is 7. The molecule has 5 aromatic rings. The molecule has 3 aromatic carbocycles. The lowest BCUT2D eigenvalue weighted by atomic mass is 9.96. The summed E-state index contributed by atoms with van der Waals surface area (Å²) in [6.07, 6.45) is 2.01. The Kier molecular flexibility index (Phi) is 8.22. The molecule has 0 unspecified atom stereocenters. The largest absolute Gasteiger partial charge is 0.485 e. The highest BCUT2D eigenvalue weighted by atomic mass is 16.5. The van der Waals surface area contributed by atoms with E-state index >= 15 is 0 Å². The first kappa shape index (κ1) is 28.8. The molecule has 2 aromatic heterocycles. The number of nitrogens with one attached hydrogen (secondary N) is 1. The van der Waals surface area contributed by atoms with Crippen LogP contribution in [0.25, 0.3) is 28.2 Å². The van der Waals surface area contributed by atoms with E-state index in [2.05, 4.69) is 17.1 Å². The molecule has 9 heteroatoms. The van der Waals surface area contributed by atoms with Crippen LogP contribution < -0.4 is 16.1 Å². The summed E-state index contributed by atoms with van der Waals surface area (Å²) in [4.78, 5) is 32.9. The van der Waals surface area contributed by atoms with E-state index in [1.54, 1.807) is 16.7 Å². The zero-order chi connectivity index (χ0) is 29.9. The van der Waals surface area contributed by atoms with Gasteiger partial charge in [0.05, 0.1) is 18.0 Å². The maximum atomic E-state index is 14.0. The minimum absolute atomic E-state index is 0.0975. The molecule has 0 amide bonds. The Balaban J connectivity index is 1.47. The maximum absolute atomic E-state index is 14.0. The number of aliphatic hydroxyl groups is 1. The Morgan fingerprint density at radius 2 is 1.67 bits per heavy atom. The molecule has 42 heavy (non-hydrogen) atoms. The minimum atomic E-state index is -0.711. The van der Waals surface area contributed by atoms with Gasteiger partial charge in [-0.05, 0) is 68.1 Å². The van der Waals surface area contributed by atoms with Crippen molar-refractivity contribution in [3.8, 4) is 34.0 Å². The molecule has 9 nitrogen and oxygen atoms in total. The average molecular weight is 567 g/mol. The second-order valence-electron chi connectivity index (χ2n) is 10.9. The molecule has 0 saturated carbocycles. The summed E-state index contributed by atoms with van der Waals surface area (Å²) in [5.74, 6) is 0.988. The third kappa shape index (κ3) is 6.11. The van der Waals surface area contributed by atoms with E-state index in [0.717, 1.165) is 34.4 Å². The van der Waals surface area contributed by atoms with Gasteiger partial charge in [-0.1, -0.05) is 67.0 Å². The fraction of sp³-hybridized carbons (Fsp3) is 0.273. The van der Waals surface area contributed by atoms with Gasteiger partial charge < -0.3 is 9.84 Å². The third-order valence-corrected chi connectivity index (χ3v) is 7.05. The summed E-state index contributed by atoms with van der Waals surface area (Å²) < 4.78 is 12.2. The highest BCUT2D eigenvalue weighted by Gasteiger charge is 2.20. The van der Waals surface area contributed by atoms with E-state index in [9.17, 15) is 14.7 Å². The second-order valence-corrected chi connectivity index (χ2v) is 10.9. The molecule has 0 aliphatic heterocycles. The lowest BCUT2D eigenvalue weighted by Crippen LogP contribution is -2.32. The van der Waals surface area contributed by atoms with Crippen molar-refractivity contribution in [2.45, 2.75) is 52.6 Å². The molecule has 0 fully saturated rings. The molecule has 0 aliphatic rings. The zero-order valence-electron chi connectivity index (χ0n) is 24.2.